The molecule has 0 aliphatic carbocycles. The zero-order valence-electron chi connectivity index (χ0n) is 11.0. The normalized spacial score (nSPS) is 22.6. The molecule has 1 aliphatic rings. The topological polar surface area (TPSA) is 96.5 Å². The van der Waals surface area contributed by atoms with Crippen LogP contribution in [0.3, 0.4) is 0 Å². The SMILES string of the molecule is CC1CCC(C(N)=O)CN1c1ncc(Br)cc1C(=O)O. The van der Waals surface area contributed by atoms with Gasteiger partial charge in [-0.1, -0.05) is 0 Å². The van der Waals surface area contributed by atoms with Gasteiger partial charge in [-0.2, -0.15) is 0 Å². The van der Waals surface area contributed by atoms with E-state index in [2.05, 4.69) is 20.9 Å². The van der Waals surface area contributed by atoms with Crippen LogP contribution in [-0.4, -0.2) is 34.6 Å². The molecular formula is C13H16BrN3O3. The van der Waals surface area contributed by atoms with Gasteiger partial charge in [-0.3, -0.25) is 4.79 Å². The van der Waals surface area contributed by atoms with E-state index >= 15 is 0 Å². The first-order valence-corrected chi connectivity index (χ1v) is 7.14. The monoisotopic (exact) mass is 341 g/mol. The van der Waals surface area contributed by atoms with Crippen molar-refractivity contribution in [2.24, 2.45) is 11.7 Å². The van der Waals surface area contributed by atoms with E-state index in [1.165, 1.54) is 6.07 Å². The summed E-state index contributed by atoms with van der Waals surface area (Å²) in [4.78, 5) is 28.8. The number of carbonyl (C=O) groups is 2. The van der Waals surface area contributed by atoms with E-state index in [0.29, 0.717) is 16.8 Å². The Labute approximate surface area is 125 Å². The smallest absolute Gasteiger partial charge is 0.339 e. The highest BCUT2D eigenvalue weighted by Crippen LogP contribution is 2.29. The second-order valence-corrected chi connectivity index (χ2v) is 5.92. The van der Waals surface area contributed by atoms with Crippen LogP contribution in [0.25, 0.3) is 0 Å². The minimum atomic E-state index is -1.04. The molecule has 0 saturated carbocycles. The third-order valence-corrected chi connectivity index (χ3v) is 4.05. The van der Waals surface area contributed by atoms with E-state index < -0.39 is 5.97 Å². The predicted molar refractivity (Wildman–Crippen MR) is 77.6 cm³/mol. The molecule has 7 heteroatoms. The number of carboxylic acid groups (broad SMARTS) is 1. The van der Waals surface area contributed by atoms with Crippen LogP contribution in [0, 0.1) is 5.92 Å². The zero-order valence-corrected chi connectivity index (χ0v) is 12.6. The van der Waals surface area contributed by atoms with Gasteiger partial charge in [0, 0.05) is 23.3 Å². The number of amides is 1. The van der Waals surface area contributed by atoms with Gasteiger partial charge < -0.3 is 15.7 Å². The van der Waals surface area contributed by atoms with E-state index in [1.807, 2.05) is 11.8 Å². The maximum atomic E-state index is 11.4. The fourth-order valence-corrected chi connectivity index (χ4v) is 2.78. The van der Waals surface area contributed by atoms with Crippen molar-refractivity contribution in [2.45, 2.75) is 25.8 Å². The lowest BCUT2D eigenvalue weighted by Gasteiger charge is -2.38. The van der Waals surface area contributed by atoms with Crippen LogP contribution in [0.15, 0.2) is 16.7 Å². The molecule has 3 N–H and O–H groups in total. The lowest BCUT2D eigenvalue weighted by molar-refractivity contribution is -0.122. The van der Waals surface area contributed by atoms with Crippen LogP contribution in [0.5, 0.6) is 0 Å². The minimum absolute atomic E-state index is 0.122. The highest BCUT2D eigenvalue weighted by molar-refractivity contribution is 9.10. The summed E-state index contributed by atoms with van der Waals surface area (Å²) >= 11 is 3.22. The molecule has 2 atom stereocenters. The molecule has 0 bridgehead atoms. The molecular weight excluding hydrogens is 326 g/mol. The van der Waals surface area contributed by atoms with Gasteiger partial charge in [0.25, 0.3) is 0 Å². The van der Waals surface area contributed by atoms with E-state index in [-0.39, 0.29) is 23.4 Å². The number of aromatic nitrogens is 1. The first-order valence-electron chi connectivity index (χ1n) is 6.35. The molecule has 108 valence electrons. The van der Waals surface area contributed by atoms with Crippen molar-refractivity contribution in [3.05, 3.63) is 22.3 Å². The summed E-state index contributed by atoms with van der Waals surface area (Å²) in [6.45, 7) is 2.40. The second-order valence-electron chi connectivity index (χ2n) is 5.01. The third kappa shape index (κ3) is 2.92. The molecule has 1 aromatic rings. The summed E-state index contributed by atoms with van der Waals surface area (Å²) in [6, 6.07) is 1.64. The molecule has 1 amide bonds. The number of piperidine rings is 1. The number of carboxylic acids is 1. The van der Waals surface area contributed by atoms with Crippen LogP contribution in [0.2, 0.25) is 0 Å². The first-order chi connectivity index (χ1) is 9.40. The summed E-state index contributed by atoms with van der Waals surface area (Å²) < 4.78 is 0.606. The number of rotatable bonds is 3. The number of aromatic carboxylic acids is 1. The number of pyridine rings is 1. The Morgan fingerprint density at radius 1 is 1.50 bits per heavy atom. The molecule has 2 unspecified atom stereocenters. The van der Waals surface area contributed by atoms with Crippen molar-refractivity contribution in [3.8, 4) is 0 Å². The van der Waals surface area contributed by atoms with Crippen molar-refractivity contribution < 1.29 is 14.7 Å². The van der Waals surface area contributed by atoms with Gasteiger partial charge in [0.05, 0.1) is 5.92 Å². The van der Waals surface area contributed by atoms with Crippen molar-refractivity contribution >= 4 is 33.6 Å². The van der Waals surface area contributed by atoms with Crippen LogP contribution in [0.4, 0.5) is 5.82 Å². The largest absolute Gasteiger partial charge is 0.478 e. The Bertz CT molecular complexity index is 550. The van der Waals surface area contributed by atoms with E-state index in [9.17, 15) is 14.7 Å². The van der Waals surface area contributed by atoms with Crippen molar-refractivity contribution in [1.29, 1.82) is 0 Å². The highest BCUT2D eigenvalue weighted by atomic mass is 79.9. The van der Waals surface area contributed by atoms with Crippen molar-refractivity contribution in [2.75, 3.05) is 11.4 Å². The highest BCUT2D eigenvalue weighted by Gasteiger charge is 2.31. The fourth-order valence-electron chi connectivity index (χ4n) is 2.45. The number of nitrogens with zero attached hydrogens (tertiary/aromatic N) is 2. The Hall–Kier alpha value is -1.63. The summed E-state index contributed by atoms with van der Waals surface area (Å²) in [5, 5.41) is 9.30. The van der Waals surface area contributed by atoms with Gasteiger partial charge in [0.2, 0.25) is 5.91 Å². The molecule has 2 rings (SSSR count). The third-order valence-electron chi connectivity index (χ3n) is 3.62. The van der Waals surface area contributed by atoms with Gasteiger partial charge in [-0.05, 0) is 41.8 Å². The van der Waals surface area contributed by atoms with Gasteiger partial charge in [-0.25, -0.2) is 9.78 Å². The van der Waals surface area contributed by atoms with Crippen molar-refractivity contribution in [3.63, 3.8) is 0 Å². The molecule has 1 fully saturated rings. The molecule has 0 aromatic carbocycles. The number of anilines is 1. The molecule has 1 aromatic heterocycles. The van der Waals surface area contributed by atoms with Crippen molar-refractivity contribution in [1.82, 2.24) is 4.98 Å². The standard InChI is InChI=1S/C13H16BrN3O3/c1-7-2-3-8(11(15)18)6-17(7)12-10(13(19)20)4-9(14)5-16-12/h4-5,7-8H,2-3,6H2,1H3,(H2,15,18)(H,19,20). The number of primary amides is 1. The Balaban J connectivity index is 2.38. The summed E-state index contributed by atoms with van der Waals surface area (Å²) in [5.41, 5.74) is 5.49. The van der Waals surface area contributed by atoms with Gasteiger partial charge >= 0.3 is 5.97 Å². The average Bonchev–Trinajstić information content (AvgIpc) is 2.39. The number of hydrogen-bond donors (Lipinski definition) is 2. The molecule has 6 nitrogen and oxygen atoms in total. The Morgan fingerprint density at radius 3 is 2.80 bits per heavy atom. The minimum Gasteiger partial charge on any atom is -0.478 e. The quantitative estimate of drug-likeness (QED) is 0.870. The maximum Gasteiger partial charge on any atom is 0.339 e. The molecule has 0 radical (unpaired) electrons. The molecule has 1 aliphatic heterocycles. The van der Waals surface area contributed by atoms with Crippen LogP contribution >= 0.6 is 15.9 Å². The van der Waals surface area contributed by atoms with E-state index in [0.717, 1.165) is 12.8 Å². The Kier molecular flexibility index (Phi) is 4.27. The van der Waals surface area contributed by atoms with Gasteiger partial charge in [0.15, 0.2) is 0 Å². The number of carbonyl (C=O) groups excluding carboxylic acids is 1. The number of nitrogens with two attached hydrogens (primary N) is 1. The first kappa shape index (κ1) is 14.8. The van der Waals surface area contributed by atoms with E-state index in [4.69, 9.17) is 5.73 Å². The van der Waals surface area contributed by atoms with Crippen LogP contribution in [0.1, 0.15) is 30.1 Å². The van der Waals surface area contributed by atoms with Crippen LogP contribution in [-0.2, 0) is 4.79 Å². The second kappa shape index (κ2) is 5.78. The average molecular weight is 342 g/mol. The zero-order chi connectivity index (χ0) is 14.9. The number of hydrogen-bond acceptors (Lipinski definition) is 4. The summed E-state index contributed by atoms with van der Waals surface area (Å²) in [7, 11) is 0. The lowest BCUT2D eigenvalue weighted by Crippen LogP contribution is -2.46. The summed E-state index contributed by atoms with van der Waals surface area (Å²) in [6.07, 6.45) is 3.07. The molecule has 0 spiro atoms. The lowest BCUT2D eigenvalue weighted by atomic mass is 9.92. The molecule has 20 heavy (non-hydrogen) atoms. The van der Waals surface area contributed by atoms with Gasteiger partial charge in [-0.15, -0.1) is 0 Å². The van der Waals surface area contributed by atoms with E-state index in [1.54, 1.807) is 6.20 Å². The molecule has 2 heterocycles. The maximum absolute atomic E-state index is 11.4. The number of halogens is 1. The predicted octanol–water partition coefficient (Wildman–Crippen LogP) is 1.63. The van der Waals surface area contributed by atoms with Gasteiger partial charge in [0.1, 0.15) is 11.4 Å². The Morgan fingerprint density at radius 2 is 2.20 bits per heavy atom. The van der Waals surface area contributed by atoms with Crippen LogP contribution < -0.4 is 10.6 Å². The summed E-state index contributed by atoms with van der Waals surface area (Å²) in [5.74, 6) is -1.27. The molecule has 1 saturated heterocycles. The fraction of sp³-hybridized carbons (Fsp3) is 0.462.